The Morgan fingerprint density at radius 2 is 1.23 bits per heavy atom. The molecule has 0 aliphatic rings. The summed E-state index contributed by atoms with van der Waals surface area (Å²) in [5.41, 5.74) is 7.69. The fraction of sp³-hybridized carbons (Fsp3) is 0.344. The maximum Gasteiger partial charge on any atom is 0.309 e. The maximum absolute atomic E-state index is 13.3. The molecule has 0 aliphatic carbocycles. The lowest BCUT2D eigenvalue weighted by Crippen LogP contribution is -2.58. The third-order valence-electron chi connectivity index (χ3n) is 7.00. The van der Waals surface area contributed by atoms with Crippen molar-refractivity contribution in [2.75, 3.05) is 6.61 Å². The van der Waals surface area contributed by atoms with Gasteiger partial charge in [0.05, 0.1) is 31.2 Å². The van der Waals surface area contributed by atoms with Crippen molar-refractivity contribution in [3.8, 4) is 0 Å². The first-order valence-electron chi connectivity index (χ1n) is 14.0. The van der Waals surface area contributed by atoms with Gasteiger partial charge in [-0.15, -0.1) is 12.4 Å². The molecule has 0 aliphatic heterocycles. The third-order valence-corrected chi connectivity index (χ3v) is 7.00. The van der Waals surface area contributed by atoms with Crippen LogP contribution in [0, 0.1) is 0 Å². The minimum Gasteiger partial charge on any atom is -0.452 e. The van der Waals surface area contributed by atoms with E-state index >= 15 is 0 Å². The van der Waals surface area contributed by atoms with E-state index in [1.165, 1.54) is 0 Å². The number of nitrogens with one attached hydrogen (secondary N) is 2. The number of aliphatic hydroxyl groups is 4. The van der Waals surface area contributed by atoms with Crippen molar-refractivity contribution in [2.24, 2.45) is 5.73 Å². The predicted octanol–water partition coefficient (Wildman–Crippen LogP) is 1.29. The van der Waals surface area contributed by atoms with E-state index in [1.54, 1.807) is 37.3 Å². The Bertz CT molecular complexity index is 1260. The van der Waals surface area contributed by atoms with E-state index < -0.39 is 66.9 Å². The first-order valence-corrected chi connectivity index (χ1v) is 14.0. The lowest BCUT2D eigenvalue weighted by Gasteiger charge is -2.30. The van der Waals surface area contributed by atoms with Gasteiger partial charge in [0.25, 0.3) is 5.91 Å². The first-order chi connectivity index (χ1) is 20.7. The van der Waals surface area contributed by atoms with Crippen LogP contribution in [-0.2, 0) is 19.1 Å². The monoisotopic (exact) mass is 629 g/mol. The molecule has 0 saturated heterocycles. The van der Waals surface area contributed by atoms with E-state index in [0.717, 1.165) is 11.1 Å². The van der Waals surface area contributed by atoms with Crippen molar-refractivity contribution < 1.29 is 39.5 Å². The van der Waals surface area contributed by atoms with Crippen molar-refractivity contribution in [3.05, 3.63) is 108 Å². The van der Waals surface area contributed by atoms with Crippen LogP contribution in [0.15, 0.2) is 91.0 Å². The second-order valence-corrected chi connectivity index (χ2v) is 10.1. The van der Waals surface area contributed by atoms with Gasteiger partial charge in [0.1, 0.15) is 12.2 Å². The van der Waals surface area contributed by atoms with E-state index in [-0.39, 0.29) is 25.2 Å². The molecule has 238 valence electrons. The highest BCUT2D eigenvalue weighted by molar-refractivity contribution is 5.85. The van der Waals surface area contributed by atoms with Crippen LogP contribution in [-0.4, -0.2) is 75.2 Å². The molecule has 11 nitrogen and oxygen atoms in total. The van der Waals surface area contributed by atoms with E-state index in [9.17, 15) is 34.8 Å². The Balaban J connectivity index is 0.00000675. The van der Waals surface area contributed by atoms with Gasteiger partial charge in [0, 0.05) is 0 Å². The van der Waals surface area contributed by atoms with Gasteiger partial charge in [-0.25, -0.2) is 0 Å². The number of hydrogen-bond acceptors (Lipinski definition) is 9. The fourth-order valence-electron chi connectivity index (χ4n) is 4.42. The highest BCUT2D eigenvalue weighted by atomic mass is 35.5. The lowest BCUT2D eigenvalue weighted by atomic mass is 9.98. The van der Waals surface area contributed by atoms with E-state index in [2.05, 4.69) is 10.6 Å². The van der Waals surface area contributed by atoms with Gasteiger partial charge in [-0.2, -0.15) is 0 Å². The van der Waals surface area contributed by atoms with Crippen LogP contribution in [0.5, 0.6) is 0 Å². The van der Waals surface area contributed by atoms with E-state index in [4.69, 9.17) is 10.5 Å². The minimum absolute atomic E-state index is 0. The molecule has 0 aromatic heterocycles. The number of hydrogen-bond donors (Lipinski definition) is 7. The molecule has 44 heavy (non-hydrogen) atoms. The maximum atomic E-state index is 13.3. The number of amides is 2. The van der Waals surface area contributed by atoms with Crippen molar-refractivity contribution in [1.82, 2.24) is 10.6 Å². The van der Waals surface area contributed by atoms with Crippen molar-refractivity contribution >= 4 is 30.2 Å². The number of aliphatic hydroxyl groups excluding tert-OH is 4. The van der Waals surface area contributed by atoms with Gasteiger partial charge in [0.15, 0.2) is 12.2 Å². The molecule has 0 fully saturated rings. The molecule has 8 N–H and O–H groups in total. The van der Waals surface area contributed by atoms with E-state index in [0.29, 0.717) is 5.56 Å². The standard InChI is InChI=1S/C32H39N3O8.ClH/c1-2-23(33)31(41)35-25(19-36)27(38)28(39)29(40)32(42)34-24(20-12-6-3-7-13-20)18-26(37)43-30(21-14-8-4-9-15-21)22-16-10-5-11-17-22;/h3-17,23-25,27-30,36,38-40H,2,18-19,33H2,1H3,(H,34,42)(H,35,41);1H/t23-,24-,25-,27+,28+,29-;/m0./s1. The summed E-state index contributed by atoms with van der Waals surface area (Å²) < 4.78 is 5.89. The molecular formula is C32H40ClN3O8. The molecule has 3 aromatic carbocycles. The first kappa shape index (κ1) is 36.4. The summed E-state index contributed by atoms with van der Waals surface area (Å²) in [6, 6.07) is 23.6. The molecule has 3 aromatic rings. The third kappa shape index (κ3) is 10.1. The SMILES string of the molecule is CC[C@H](N)C(=O)N[C@@H](CO)[C@@H](O)[C@@H](O)[C@H](O)C(=O)N[C@@H](CC(=O)OC(c1ccccc1)c1ccccc1)c1ccccc1.Cl. The van der Waals surface area contributed by atoms with Crippen LogP contribution in [0.1, 0.15) is 48.6 Å². The zero-order chi connectivity index (χ0) is 31.4. The summed E-state index contributed by atoms with van der Waals surface area (Å²) >= 11 is 0. The predicted molar refractivity (Wildman–Crippen MR) is 165 cm³/mol. The molecule has 0 bridgehead atoms. The van der Waals surface area contributed by atoms with Crippen LogP contribution in [0.4, 0.5) is 0 Å². The molecule has 0 radical (unpaired) electrons. The smallest absolute Gasteiger partial charge is 0.309 e. The molecule has 2 amide bonds. The number of ether oxygens (including phenoxy) is 1. The van der Waals surface area contributed by atoms with Gasteiger partial charge >= 0.3 is 5.97 Å². The minimum atomic E-state index is -2.18. The van der Waals surface area contributed by atoms with Gasteiger partial charge in [0.2, 0.25) is 5.91 Å². The average molecular weight is 630 g/mol. The molecular weight excluding hydrogens is 590 g/mol. The van der Waals surface area contributed by atoms with Crippen molar-refractivity contribution in [2.45, 2.75) is 62.3 Å². The lowest BCUT2D eigenvalue weighted by molar-refractivity contribution is -0.149. The molecule has 6 atom stereocenters. The largest absolute Gasteiger partial charge is 0.452 e. The molecule has 0 saturated carbocycles. The number of halogens is 1. The Labute approximate surface area is 262 Å². The molecule has 12 heteroatoms. The Hall–Kier alpha value is -3.84. The Kier molecular flexibility index (Phi) is 14.9. The molecule has 3 rings (SSSR count). The zero-order valence-electron chi connectivity index (χ0n) is 24.2. The van der Waals surface area contributed by atoms with Crippen LogP contribution < -0.4 is 16.4 Å². The summed E-state index contributed by atoms with van der Waals surface area (Å²) in [5.74, 6) is -2.42. The van der Waals surface area contributed by atoms with Crippen LogP contribution >= 0.6 is 12.4 Å². The number of carbonyl (C=O) groups excluding carboxylic acids is 3. The topological polar surface area (TPSA) is 191 Å². The Morgan fingerprint density at radius 1 is 0.750 bits per heavy atom. The molecule has 0 unspecified atom stereocenters. The normalized spacial score (nSPS) is 15.1. The second kappa shape index (κ2) is 18.1. The van der Waals surface area contributed by atoms with Crippen LogP contribution in [0.3, 0.4) is 0 Å². The number of benzene rings is 3. The zero-order valence-corrected chi connectivity index (χ0v) is 25.0. The summed E-state index contributed by atoms with van der Waals surface area (Å²) in [6.07, 6.45) is -6.94. The number of nitrogens with two attached hydrogens (primary N) is 1. The highest BCUT2D eigenvalue weighted by Crippen LogP contribution is 2.28. The number of rotatable bonds is 15. The average Bonchev–Trinajstić information content (AvgIpc) is 3.05. The molecule has 0 spiro atoms. The van der Waals surface area contributed by atoms with Gasteiger partial charge in [-0.1, -0.05) is 97.9 Å². The van der Waals surface area contributed by atoms with Crippen molar-refractivity contribution in [3.63, 3.8) is 0 Å². The summed E-state index contributed by atoms with van der Waals surface area (Å²) in [7, 11) is 0. The van der Waals surface area contributed by atoms with Gasteiger partial charge in [-0.3, -0.25) is 14.4 Å². The van der Waals surface area contributed by atoms with Crippen molar-refractivity contribution in [1.29, 1.82) is 0 Å². The quantitative estimate of drug-likeness (QED) is 0.121. The summed E-state index contributed by atoms with van der Waals surface area (Å²) in [5, 5.41) is 46.2. The van der Waals surface area contributed by atoms with Gasteiger partial charge < -0.3 is 41.5 Å². The van der Waals surface area contributed by atoms with Crippen LogP contribution in [0.25, 0.3) is 0 Å². The Morgan fingerprint density at radius 3 is 1.68 bits per heavy atom. The number of esters is 1. The summed E-state index contributed by atoms with van der Waals surface area (Å²) in [4.78, 5) is 38.4. The number of carbonyl (C=O) groups is 3. The second-order valence-electron chi connectivity index (χ2n) is 10.1. The molecule has 0 heterocycles. The summed E-state index contributed by atoms with van der Waals surface area (Å²) in [6.45, 7) is 0.872. The fourth-order valence-corrected chi connectivity index (χ4v) is 4.42. The van der Waals surface area contributed by atoms with E-state index in [1.807, 2.05) is 60.7 Å². The van der Waals surface area contributed by atoms with Crippen LogP contribution in [0.2, 0.25) is 0 Å². The van der Waals surface area contributed by atoms with Gasteiger partial charge in [-0.05, 0) is 23.1 Å². The highest BCUT2D eigenvalue weighted by Gasteiger charge is 2.37.